The lowest BCUT2D eigenvalue weighted by atomic mass is 9.97. The Hall–Kier alpha value is -1.75. The predicted molar refractivity (Wildman–Crippen MR) is 106 cm³/mol. The number of anilines is 1. The summed E-state index contributed by atoms with van der Waals surface area (Å²) < 4.78 is 11.6. The quantitative estimate of drug-likeness (QED) is 0.526. The molecule has 0 aliphatic heterocycles. The number of carbonyl (C=O) groups excluding carboxylic acids is 1. The van der Waals surface area contributed by atoms with Crippen LogP contribution in [-0.4, -0.2) is 44.3 Å². The Morgan fingerprint density at radius 3 is 2.73 bits per heavy atom. The van der Waals surface area contributed by atoms with Crippen LogP contribution in [0.5, 0.6) is 5.75 Å². The number of nitrogens with zero attached hydrogens (tertiary/aromatic N) is 1. The molecule has 0 aromatic heterocycles. The molecule has 2 atom stereocenters. The van der Waals surface area contributed by atoms with Gasteiger partial charge in [0.05, 0.1) is 12.3 Å². The molecule has 2 rings (SSSR count). The normalized spacial score (nSPS) is 20.5. The molecule has 1 saturated carbocycles. The van der Waals surface area contributed by atoms with Gasteiger partial charge in [0.25, 0.3) is 0 Å². The van der Waals surface area contributed by atoms with Crippen molar-refractivity contribution in [2.24, 2.45) is 5.92 Å². The van der Waals surface area contributed by atoms with Gasteiger partial charge in [-0.2, -0.15) is 0 Å². The molecule has 1 aliphatic carbocycles. The molecule has 5 nitrogen and oxygen atoms in total. The van der Waals surface area contributed by atoms with E-state index in [2.05, 4.69) is 31.2 Å². The molecule has 0 spiro atoms. The van der Waals surface area contributed by atoms with Crippen molar-refractivity contribution in [3.05, 3.63) is 24.3 Å². The summed E-state index contributed by atoms with van der Waals surface area (Å²) in [5, 5.41) is 2.88. The van der Waals surface area contributed by atoms with Crippen LogP contribution in [0.15, 0.2) is 24.3 Å². The Balaban J connectivity index is 1.96. The molecule has 146 valence electrons. The zero-order valence-electron chi connectivity index (χ0n) is 16.5. The second kappa shape index (κ2) is 11.1. The van der Waals surface area contributed by atoms with Crippen LogP contribution in [0.4, 0.5) is 10.5 Å². The van der Waals surface area contributed by atoms with Crippen molar-refractivity contribution < 1.29 is 14.3 Å². The fourth-order valence-corrected chi connectivity index (χ4v) is 3.48. The summed E-state index contributed by atoms with van der Waals surface area (Å²) in [5.74, 6) is 1.10. The van der Waals surface area contributed by atoms with Crippen molar-refractivity contribution >= 4 is 11.8 Å². The number of rotatable bonds is 8. The van der Waals surface area contributed by atoms with Gasteiger partial charge in [-0.05, 0) is 51.9 Å². The lowest BCUT2D eigenvalue weighted by molar-refractivity contribution is 0.0569. The van der Waals surface area contributed by atoms with E-state index in [4.69, 9.17) is 9.47 Å². The van der Waals surface area contributed by atoms with E-state index >= 15 is 0 Å². The van der Waals surface area contributed by atoms with E-state index < -0.39 is 0 Å². The lowest BCUT2D eigenvalue weighted by Gasteiger charge is -2.27. The summed E-state index contributed by atoms with van der Waals surface area (Å²) in [6.07, 6.45) is 7.29. The molecule has 1 amide bonds. The van der Waals surface area contributed by atoms with Crippen molar-refractivity contribution in [1.82, 2.24) is 4.90 Å². The van der Waals surface area contributed by atoms with E-state index in [-0.39, 0.29) is 12.2 Å². The van der Waals surface area contributed by atoms with Gasteiger partial charge < -0.3 is 14.4 Å². The van der Waals surface area contributed by atoms with Gasteiger partial charge in [-0.1, -0.05) is 38.3 Å². The topological polar surface area (TPSA) is 50.8 Å². The standard InChI is InChI=1S/C21H34N2O3/c1-4-5-15-25-20-14-10-9-12-18(20)22-21(24)26-19-13-8-6-7-11-17(19)16-23(2)3/h9-10,12,14,17,19H,4-8,11,13,15-16H2,1-3H3,(H,22,24)/t17-,19+/m1/s1. The number of unbranched alkanes of at least 4 members (excludes halogenated alkanes) is 1. The maximum atomic E-state index is 12.5. The zero-order valence-corrected chi connectivity index (χ0v) is 16.5. The van der Waals surface area contributed by atoms with E-state index in [1.54, 1.807) is 0 Å². The number of carbonyl (C=O) groups is 1. The minimum Gasteiger partial charge on any atom is -0.491 e. The van der Waals surface area contributed by atoms with E-state index in [1.807, 2.05) is 24.3 Å². The zero-order chi connectivity index (χ0) is 18.8. The lowest BCUT2D eigenvalue weighted by Crippen LogP contribution is -2.34. The first-order valence-corrected chi connectivity index (χ1v) is 9.94. The summed E-state index contributed by atoms with van der Waals surface area (Å²) >= 11 is 0. The Kier molecular flexibility index (Phi) is 8.75. The largest absolute Gasteiger partial charge is 0.491 e. The maximum Gasteiger partial charge on any atom is 0.412 e. The first kappa shape index (κ1) is 20.6. The molecule has 1 aromatic carbocycles. The Morgan fingerprint density at radius 1 is 1.19 bits per heavy atom. The van der Waals surface area contributed by atoms with Crippen molar-refractivity contribution in [2.45, 2.75) is 58.0 Å². The average molecular weight is 363 g/mol. The highest BCUT2D eigenvalue weighted by Gasteiger charge is 2.27. The molecule has 1 aromatic rings. The van der Waals surface area contributed by atoms with Crippen LogP contribution < -0.4 is 10.1 Å². The van der Waals surface area contributed by atoms with E-state index in [0.717, 1.165) is 38.6 Å². The van der Waals surface area contributed by atoms with Crippen LogP contribution in [0.3, 0.4) is 0 Å². The fourth-order valence-electron chi connectivity index (χ4n) is 3.48. The van der Waals surface area contributed by atoms with E-state index in [0.29, 0.717) is 24.0 Å². The molecule has 1 aliphatic rings. The van der Waals surface area contributed by atoms with Crippen molar-refractivity contribution in [3.8, 4) is 5.75 Å². The number of para-hydroxylation sites is 2. The average Bonchev–Trinajstić information content (AvgIpc) is 2.81. The monoisotopic (exact) mass is 362 g/mol. The first-order valence-electron chi connectivity index (χ1n) is 9.94. The second-order valence-electron chi connectivity index (χ2n) is 7.43. The van der Waals surface area contributed by atoms with E-state index in [9.17, 15) is 4.79 Å². The highest BCUT2D eigenvalue weighted by atomic mass is 16.6. The Morgan fingerprint density at radius 2 is 1.96 bits per heavy atom. The number of hydrogen-bond donors (Lipinski definition) is 1. The number of benzene rings is 1. The van der Waals surface area contributed by atoms with Gasteiger partial charge in [-0.25, -0.2) is 4.79 Å². The highest BCUT2D eigenvalue weighted by molar-refractivity contribution is 5.86. The molecular weight excluding hydrogens is 328 g/mol. The number of hydrogen-bond acceptors (Lipinski definition) is 4. The minimum atomic E-state index is -0.382. The number of amides is 1. The summed E-state index contributed by atoms with van der Waals surface area (Å²) in [6, 6.07) is 7.54. The molecule has 26 heavy (non-hydrogen) atoms. The fraction of sp³-hybridized carbons (Fsp3) is 0.667. The first-order chi connectivity index (χ1) is 12.6. The Labute approximate surface area is 158 Å². The van der Waals surface area contributed by atoms with Gasteiger partial charge in [0.15, 0.2) is 0 Å². The van der Waals surface area contributed by atoms with Gasteiger partial charge in [-0.3, -0.25) is 5.32 Å². The Bertz CT molecular complexity index is 548. The molecule has 0 heterocycles. The molecule has 0 bridgehead atoms. The predicted octanol–water partition coefficient (Wildman–Crippen LogP) is 4.92. The minimum absolute atomic E-state index is 0.0203. The van der Waals surface area contributed by atoms with E-state index in [1.165, 1.54) is 12.8 Å². The van der Waals surface area contributed by atoms with Crippen LogP contribution in [0.1, 0.15) is 51.9 Å². The molecular formula is C21H34N2O3. The van der Waals surface area contributed by atoms with Gasteiger partial charge in [-0.15, -0.1) is 0 Å². The van der Waals surface area contributed by atoms with Gasteiger partial charge in [0, 0.05) is 12.5 Å². The van der Waals surface area contributed by atoms with Crippen molar-refractivity contribution in [1.29, 1.82) is 0 Å². The molecule has 5 heteroatoms. The van der Waals surface area contributed by atoms with Gasteiger partial charge >= 0.3 is 6.09 Å². The van der Waals surface area contributed by atoms with Crippen molar-refractivity contribution in [2.75, 3.05) is 32.6 Å². The molecule has 1 fully saturated rings. The smallest absolute Gasteiger partial charge is 0.412 e. The summed E-state index contributed by atoms with van der Waals surface area (Å²) in [7, 11) is 4.15. The summed E-state index contributed by atoms with van der Waals surface area (Å²) in [5.41, 5.74) is 0.673. The molecule has 1 N–H and O–H groups in total. The van der Waals surface area contributed by atoms with Crippen LogP contribution in [0, 0.1) is 5.92 Å². The third kappa shape index (κ3) is 6.87. The van der Waals surface area contributed by atoms with Crippen LogP contribution >= 0.6 is 0 Å². The summed E-state index contributed by atoms with van der Waals surface area (Å²) in [4.78, 5) is 14.7. The maximum absolute atomic E-state index is 12.5. The molecule has 0 unspecified atom stereocenters. The number of nitrogens with one attached hydrogen (secondary N) is 1. The highest BCUT2D eigenvalue weighted by Crippen LogP contribution is 2.28. The van der Waals surface area contributed by atoms with Gasteiger partial charge in [0.2, 0.25) is 0 Å². The van der Waals surface area contributed by atoms with Crippen LogP contribution in [0.2, 0.25) is 0 Å². The van der Waals surface area contributed by atoms with Crippen LogP contribution in [-0.2, 0) is 4.74 Å². The molecule has 0 radical (unpaired) electrons. The van der Waals surface area contributed by atoms with Crippen LogP contribution in [0.25, 0.3) is 0 Å². The second-order valence-corrected chi connectivity index (χ2v) is 7.43. The third-order valence-corrected chi connectivity index (χ3v) is 4.83. The number of ether oxygens (including phenoxy) is 2. The molecule has 0 saturated heterocycles. The summed E-state index contributed by atoms with van der Waals surface area (Å²) in [6.45, 7) is 3.73. The third-order valence-electron chi connectivity index (χ3n) is 4.83. The SMILES string of the molecule is CCCCOc1ccccc1NC(=O)O[C@H]1CCCCC[C@@H]1CN(C)C. The van der Waals surface area contributed by atoms with Gasteiger partial charge in [0.1, 0.15) is 11.9 Å². The van der Waals surface area contributed by atoms with Crippen molar-refractivity contribution in [3.63, 3.8) is 0 Å².